The first-order valence-corrected chi connectivity index (χ1v) is 11.1. The Morgan fingerprint density at radius 2 is 1.73 bits per heavy atom. The highest BCUT2D eigenvalue weighted by Crippen LogP contribution is 2.28. The van der Waals surface area contributed by atoms with Crippen molar-refractivity contribution in [1.29, 1.82) is 0 Å². The van der Waals surface area contributed by atoms with Gasteiger partial charge in [0, 0.05) is 17.1 Å². The van der Waals surface area contributed by atoms with E-state index in [1.165, 1.54) is 4.90 Å². The third kappa shape index (κ3) is 4.19. The number of anilines is 1. The predicted molar refractivity (Wildman–Crippen MR) is 134 cm³/mol. The van der Waals surface area contributed by atoms with E-state index >= 15 is 0 Å². The molecule has 0 unspecified atom stereocenters. The summed E-state index contributed by atoms with van der Waals surface area (Å²) in [7, 11) is 0. The molecule has 0 atom stereocenters. The molecule has 2 heterocycles. The highest BCUT2D eigenvalue weighted by Gasteiger charge is 2.35. The van der Waals surface area contributed by atoms with Gasteiger partial charge in [-0.25, -0.2) is 0 Å². The third-order valence-electron chi connectivity index (χ3n) is 5.63. The third-order valence-corrected chi connectivity index (χ3v) is 5.92. The van der Waals surface area contributed by atoms with Gasteiger partial charge >= 0.3 is 0 Å². The van der Waals surface area contributed by atoms with Crippen LogP contribution in [0.15, 0.2) is 60.2 Å². The summed E-state index contributed by atoms with van der Waals surface area (Å²) in [5, 5.41) is 2.74. The molecule has 1 aliphatic heterocycles. The van der Waals surface area contributed by atoms with Crippen LogP contribution in [0.5, 0.6) is 5.75 Å². The Hall–Kier alpha value is -3.71. The molecule has 0 bridgehead atoms. The number of carbonyl (C=O) groups is 2. The largest absolute Gasteiger partial charge is 0.494 e. The number of benzene rings is 2. The molecule has 1 aliphatic rings. The lowest BCUT2D eigenvalue weighted by molar-refractivity contribution is -0.122. The van der Waals surface area contributed by atoms with E-state index in [1.54, 1.807) is 6.08 Å². The van der Waals surface area contributed by atoms with Crippen molar-refractivity contribution >= 4 is 40.9 Å². The first kappa shape index (κ1) is 22.5. The number of hydrogen-bond acceptors (Lipinski definition) is 4. The summed E-state index contributed by atoms with van der Waals surface area (Å²) in [5.41, 5.74) is 5.24. The van der Waals surface area contributed by atoms with E-state index in [1.807, 2.05) is 82.3 Å². The molecule has 2 aromatic carbocycles. The lowest BCUT2D eigenvalue weighted by atomic mass is 10.1. The van der Waals surface area contributed by atoms with Gasteiger partial charge in [0.25, 0.3) is 11.8 Å². The van der Waals surface area contributed by atoms with Gasteiger partial charge in [-0.1, -0.05) is 18.2 Å². The van der Waals surface area contributed by atoms with Crippen molar-refractivity contribution in [2.75, 3.05) is 11.5 Å². The zero-order valence-electron chi connectivity index (χ0n) is 19.0. The molecule has 33 heavy (non-hydrogen) atoms. The van der Waals surface area contributed by atoms with Crippen molar-refractivity contribution in [3.05, 3.63) is 82.7 Å². The van der Waals surface area contributed by atoms with E-state index in [0.29, 0.717) is 12.3 Å². The van der Waals surface area contributed by atoms with Gasteiger partial charge in [0.05, 0.1) is 12.3 Å². The molecule has 4 rings (SSSR count). The number of aryl methyl sites for hydroxylation is 2. The summed E-state index contributed by atoms with van der Waals surface area (Å²) < 4.78 is 7.61. The molecule has 3 aromatic rings. The molecule has 0 spiro atoms. The monoisotopic (exact) mass is 459 g/mol. The average Bonchev–Trinajstić information content (AvgIpc) is 3.06. The quantitative estimate of drug-likeness (QED) is 0.343. The first-order chi connectivity index (χ1) is 15.8. The second kappa shape index (κ2) is 9.03. The number of thiocarbonyl (C=S) groups is 1. The van der Waals surface area contributed by atoms with Gasteiger partial charge in [0.2, 0.25) is 0 Å². The summed E-state index contributed by atoms with van der Waals surface area (Å²) in [5.74, 6) is -0.132. The molecular weight excluding hydrogens is 434 g/mol. The van der Waals surface area contributed by atoms with E-state index in [2.05, 4.69) is 9.88 Å². The maximum Gasteiger partial charge on any atom is 0.270 e. The Bertz CT molecular complexity index is 1290. The standard InChI is InChI=1S/C26H25N3O3S/c1-5-32-21-12-10-20(11-13-21)28-17(3)14-19(18(28)4)15-22-24(30)27-26(33)29(25(22)31)23-9-7-6-8-16(23)2/h6-15H,5H2,1-4H3,(H,27,30,33)/b22-15+. The van der Waals surface area contributed by atoms with Crippen LogP contribution in [0.4, 0.5) is 5.69 Å². The maximum atomic E-state index is 13.4. The van der Waals surface area contributed by atoms with Gasteiger partial charge in [-0.05, 0) is 93.5 Å². The fraction of sp³-hybridized carbons (Fsp3) is 0.192. The van der Waals surface area contributed by atoms with E-state index in [-0.39, 0.29) is 10.7 Å². The molecule has 1 aromatic heterocycles. The summed E-state index contributed by atoms with van der Waals surface area (Å²) in [4.78, 5) is 27.5. The van der Waals surface area contributed by atoms with Crippen molar-refractivity contribution in [3.8, 4) is 11.4 Å². The highest BCUT2D eigenvalue weighted by atomic mass is 32.1. The molecule has 0 saturated carbocycles. The number of aromatic nitrogens is 1. The van der Waals surface area contributed by atoms with Crippen LogP contribution in [-0.2, 0) is 9.59 Å². The van der Waals surface area contributed by atoms with Crippen LogP contribution in [-0.4, -0.2) is 28.1 Å². The topological polar surface area (TPSA) is 63.6 Å². The first-order valence-electron chi connectivity index (χ1n) is 10.7. The molecule has 2 amide bonds. The second-order valence-corrected chi connectivity index (χ2v) is 8.22. The molecule has 1 fully saturated rings. The van der Waals surface area contributed by atoms with E-state index < -0.39 is 11.8 Å². The second-order valence-electron chi connectivity index (χ2n) is 7.83. The zero-order chi connectivity index (χ0) is 23.7. The van der Waals surface area contributed by atoms with E-state index in [9.17, 15) is 9.59 Å². The van der Waals surface area contributed by atoms with Crippen molar-refractivity contribution < 1.29 is 14.3 Å². The van der Waals surface area contributed by atoms with Gasteiger partial charge < -0.3 is 9.30 Å². The van der Waals surface area contributed by atoms with Crippen LogP contribution in [0.3, 0.4) is 0 Å². The van der Waals surface area contributed by atoms with Crippen molar-refractivity contribution in [2.24, 2.45) is 0 Å². The van der Waals surface area contributed by atoms with Crippen LogP contribution < -0.4 is 15.0 Å². The van der Waals surface area contributed by atoms with E-state index in [4.69, 9.17) is 17.0 Å². The minimum atomic E-state index is -0.499. The lowest BCUT2D eigenvalue weighted by Crippen LogP contribution is -2.54. The normalized spacial score (nSPS) is 15.2. The van der Waals surface area contributed by atoms with Crippen LogP contribution in [0.1, 0.15) is 29.4 Å². The fourth-order valence-corrected chi connectivity index (χ4v) is 4.31. The molecular formula is C26H25N3O3S. The number of nitrogens with zero attached hydrogens (tertiary/aromatic N) is 2. The Kier molecular flexibility index (Phi) is 6.16. The molecule has 0 aliphatic carbocycles. The minimum absolute atomic E-state index is 0.0406. The van der Waals surface area contributed by atoms with Crippen molar-refractivity contribution in [2.45, 2.75) is 27.7 Å². The van der Waals surface area contributed by atoms with E-state index in [0.717, 1.165) is 34.0 Å². The molecule has 1 N–H and O–H groups in total. The van der Waals surface area contributed by atoms with Crippen LogP contribution in [0.2, 0.25) is 0 Å². The summed E-state index contributed by atoms with van der Waals surface area (Å²) in [6.07, 6.45) is 1.64. The van der Waals surface area contributed by atoms with Gasteiger partial charge in [-0.3, -0.25) is 19.8 Å². The SMILES string of the molecule is CCOc1ccc(-n2c(C)cc(/C=C3\C(=O)NC(=S)N(c4ccccc4C)C3=O)c2C)cc1. The van der Waals surface area contributed by atoms with Crippen LogP contribution in [0, 0.1) is 20.8 Å². The van der Waals surface area contributed by atoms with Gasteiger partial charge in [-0.15, -0.1) is 0 Å². The van der Waals surface area contributed by atoms with Crippen LogP contribution >= 0.6 is 12.2 Å². The predicted octanol–water partition coefficient (Wildman–Crippen LogP) is 4.63. The lowest BCUT2D eigenvalue weighted by Gasteiger charge is -2.30. The highest BCUT2D eigenvalue weighted by molar-refractivity contribution is 7.80. The summed E-state index contributed by atoms with van der Waals surface area (Å²) in [6, 6.07) is 17.2. The number of amides is 2. The number of para-hydroxylation sites is 1. The van der Waals surface area contributed by atoms with Gasteiger partial charge in [0.1, 0.15) is 11.3 Å². The molecule has 168 valence electrons. The Morgan fingerprint density at radius 3 is 2.39 bits per heavy atom. The maximum absolute atomic E-state index is 13.4. The summed E-state index contributed by atoms with van der Waals surface area (Å²) in [6.45, 7) is 8.41. The Labute approximate surface area is 198 Å². The number of ether oxygens (including phenoxy) is 1. The smallest absolute Gasteiger partial charge is 0.270 e. The summed E-state index contributed by atoms with van der Waals surface area (Å²) >= 11 is 5.32. The number of rotatable bonds is 5. The van der Waals surface area contributed by atoms with Gasteiger partial charge in [0.15, 0.2) is 5.11 Å². The Morgan fingerprint density at radius 1 is 1.03 bits per heavy atom. The minimum Gasteiger partial charge on any atom is -0.494 e. The van der Waals surface area contributed by atoms with Crippen molar-refractivity contribution in [3.63, 3.8) is 0 Å². The van der Waals surface area contributed by atoms with Gasteiger partial charge in [-0.2, -0.15) is 0 Å². The molecule has 6 nitrogen and oxygen atoms in total. The van der Waals surface area contributed by atoms with Crippen molar-refractivity contribution in [1.82, 2.24) is 9.88 Å². The number of nitrogens with one attached hydrogen (secondary N) is 1. The average molecular weight is 460 g/mol. The number of hydrogen-bond donors (Lipinski definition) is 1. The molecule has 7 heteroatoms. The Balaban J connectivity index is 1.73. The van der Waals surface area contributed by atoms with Crippen LogP contribution in [0.25, 0.3) is 11.8 Å². The molecule has 1 saturated heterocycles. The fourth-order valence-electron chi connectivity index (χ4n) is 4.04. The zero-order valence-corrected chi connectivity index (χ0v) is 19.8. The molecule has 0 radical (unpaired) electrons. The number of carbonyl (C=O) groups excluding carboxylic acids is 2.